The van der Waals surface area contributed by atoms with Crippen LogP contribution in [0.2, 0.25) is 0 Å². The number of aliphatic hydroxyl groups is 1. The van der Waals surface area contributed by atoms with Gasteiger partial charge in [0.25, 0.3) is 0 Å². The molecular formula is C14H19NO4S2. The Morgan fingerprint density at radius 3 is 2.71 bits per heavy atom. The molecule has 0 spiro atoms. The van der Waals surface area contributed by atoms with Gasteiger partial charge in [-0.1, -0.05) is 13.0 Å². The molecule has 0 bridgehead atoms. The smallest absolute Gasteiger partial charge is 0.190 e. The molecule has 0 aliphatic rings. The van der Waals surface area contributed by atoms with Crippen molar-refractivity contribution >= 4 is 21.2 Å². The second-order valence-electron chi connectivity index (χ2n) is 4.72. The largest absolute Gasteiger partial charge is 0.465 e. The monoisotopic (exact) mass is 329 g/mol. The van der Waals surface area contributed by atoms with E-state index in [-0.39, 0.29) is 12.3 Å². The van der Waals surface area contributed by atoms with Crippen molar-refractivity contribution in [2.24, 2.45) is 0 Å². The van der Waals surface area contributed by atoms with E-state index in [1.54, 1.807) is 17.5 Å². The van der Waals surface area contributed by atoms with Crippen LogP contribution in [0, 0.1) is 0 Å². The van der Waals surface area contributed by atoms with Gasteiger partial charge in [0.1, 0.15) is 15.7 Å². The van der Waals surface area contributed by atoms with Gasteiger partial charge in [-0.15, -0.1) is 11.3 Å². The zero-order chi connectivity index (χ0) is 15.3. The van der Waals surface area contributed by atoms with E-state index >= 15 is 0 Å². The van der Waals surface area contributed by atoms with Crippen molar-refractivity contribution in [2.45, 2.75) is 30.2 Å². The van der Waals surface area contributed by atoms with E-state index < -0.39 is 15.9 Å². The Balaban J connectivity index is 1.78. The van der Waals surface area contributed by atoms with Crippen LogP contribution in [0.4, 0.5) is 0 Å². The highest BCUT2D eigenvalue weighted by Crippen LogP contribution is 2.18. The molecule has 0 aliphatic heterocycles. The molecule has 0 saturated carbocycles. The molecule has 0 aromatic carbocycles. The zero-order valence-electron chi connectivity index (χ0n) is 11.8. The first-order valence-corrected chi connectivity index (χ1v) is 9.27. The number of sulfone groups is 1. The topological polar surface area (TPSA) is 79.5 Å². The first-order chi connectivity index (χ1) is 10.0. The van der Waals surface area contributed by atoms with E-state index in [1.165, 1.54) is 0 Å². The summed E-state index contributed by atoms with van der Waals surface area (Å²) in [5.41, 5.74) is 0. The van der Waals surface area contributed by atoms with E-state index in [2.05, 4.69) is 5.32 Å². The van der Waals surface area contributed by atoms with Crippen LogP contribution in [-0.4, -0.2) is 31.9 Å². The third-order valence-electron chi connectivity index (χ3n) is 2.96. The molecule has 1 atom stereocenters. The Labute approximate surface area is 128 Å². The van der Waals surface area contributed by atoms with Gasteiger partial charge in [0.2, 0.25) is 0 Å². The van der Waals surface area contributed by atoms with Crippen LogP contribution < -0.4 is 5.32 Å². The van der Waals surface area contributed by atoms with Crippen LogP contribution in [0.5, 0.6) is 0 Å². The molecule has 21 heavy (non-hydrogen) atoms. The van der Waals surface area contributed by atoms with Gasteiger partial charge in [-0.25, -0.2) is 8.42 Å². The second-order valence-corrected chi connectivity index (χ2v) is 7.93. The highest BCUT2D eigenvalue weighted by Gasteiger charge is 2.20. The third kappa shape index (κ3) is 4.67. The molecule has 2 aromatic heterocycles. The maximum absolute atomic E-state index is 12.0. The summed E-state index contributed by atoms with van der Waals surface area (Å²) < 4.78 is 29.8. The lowest BCUT2D eigenvalue weighted by molar-refractivity contribution is 0.192. The zero-order valence-corrected chi connectivity index (χ0v) is 13.4. The van der Waals surface area contributed by atoms with Crippen molar-refractivity contribution in [1.82, 2.24) is 5.32 Å². The number of hydrogen-bond acceptors (Lipinski definition) is 6. The van der Waals surface area contributed by atoms with Crippen molar-refractivity contribution in [3.05, 3.63) is 41.2 Å². The van der Waals surface area contributed by atoms with Crippen molar-refractivity contribution in [3.63, 3.8) is 0 Å². The van der Waals surface area contributed by atoms with Crippen LogP contribution >= 0.6 is 11.3 Å². The minimum atomic E-state index is -3.41. The number of nitrogens with one attached hydrogen (secondary N) is 1. The number of hydrogen-bond donors (Lipinski definition) is 2. The van der Waals surface area contributed by atoms with E-state index in [0.29, 0.717) is 10.8 Å². The summed E-state index contributed by atoms with van der Waals surface area (Å²) in [5.74, 6) is 1.41. The SMILES string of the molecule is CCc1ccc(CNCC(O)CS(=O)(=O)c2cccs2)o1. The Hall–Kier alpha value is -1.15. The number of aliphatic hydroxyl groups excluding tert-OH is 1. The summed E-state index contributed by atoms with van der Waals surface area (Å²) in [7, 11) is -3.41. The molecule has 0 fully saturated rings. The van der Waals surface area contributed by atoms with Gasteiger partial charge in [-0.05, 0) is 23.6 Å². The molecular weight excluding hydrogens is 310 g/mol. The molecule has 2 rings (SSSR count). The van der Waals surface area contributed by atoms with Crippen LogP contribution in [0.15, 0.2) is 38.3 Å². The molecule has 5 nitrogen and oxygen atoms in total. The average molecular weight is 329 g/mol. The predicted molar refractivity (Wildman–Crippen MR) is 82.2 cm³/mol. The number of thiophene rings is 1. The highest BCUT2D eigenvalue weighted by atomic mass is 32.2. The fourth-order valence-electron chi connectivity index (χ4n) is 1.90. The van der Waals surface area contributed by atoms with Gasteiger partial charge in [0.05, 0.1) is 18.4 Å². The van der Waals surface area contributed by atoms with Crippen LogP contribution in [-0.2, 0) is 22.8 Å². The van der Waals surface area contributed by atoms with E-state index in [1.807, 2.05) is 19.1 Å². The summed E-state index contributed by atoms with van der Waals surface area (Å²) in [6.07, 6.45) is -0.112. The molecule has 2 N–H and O–H groups in total. The Kier molecular flexibility index (Phi) is 5.58. The molecule has 0 saturated heterocycles. The minimum absolute atomic E-state index is 0.201. The van der Waals surface area contributed by atoms with Gasteiger partial charge in [0, 0.05) is 13.0 Å². The molecule has 7 heteroatoms. The average Bonchev–Trinajstić information content (AvgIpc) is 3.09. The summed E-state index contributed by atoms with van der Waals surface area (Å²) in [4.78, 5) is 0. The third-order valence-corrected chi connectivity index (χ3v) is 6.24. The number of furan rings is 1. The van der Waals surface area contributed by atoms with Gasteiger partial charge < -0.3 is 14.8 Å². The molecule has 116 valence electrons. The van der Waals surface area contributed by atoms with E-state index in [9.17, 15) is 13.5 Å². The van der Waals surface area contributed by atoms with E-state index in [4.69, 9.17) is 4.42 Å². The maximum Gasteiger partial charge on any atom is 0.190 e. The highest BCUT2D eigenvalue weighted by molar-refractivity contribution is 7.93. The van der Waals surface area contributed by atoms with Crippen LogP contribution in [0.1, 0.15) is 18.4 Å². The van der Waals surface area contributed by atoms with Crippen molar-refractivity contribution in [3.8, 4) is 0 Å². The first-order valence-electron chi connectivity index (χ1n) is 6.74. The van der Waals surface area contributed by atoms with Gasteiger partial charge in [-0.2, -0.15) is 0 Å². The molecule has 0 radical (unpaired) electrons. The Bertz CT molecular complexity index is 646. The van der Waals surface area contributed by atoms with Crippen molar-refractivity contribution in [1.29, 1.82) is 0 Å². The number of rotatable bonds is 8. The van der Waals surface area contributed by atoms with Gasteiger partial charge >= 0.3 is 0 Å². The van der Waals surface area contributed by atoms with Crippen LogP contribution in [0.25, 0.3) is 0 Å². The maximum atomic E-state index is 12.0. The first kappa shape index (κ1) is 16.2. The molecule has 0 amide bonds. The number of aryl methyl sites for hydroxylation is 1. The predicted octanol–water partition coefficient (Wildman–Crippen LogP) is 1.83. The summed E-state index contributed by atoms with van der Waals surface area (Å²) in [6, 6.07) is 7.02. The summed E-state index contributed by atoms with van der Waals surface area (Å²) >= 11 is 1.16. The lowest BCUT2D eigenvalue weighted by Gasteiger charge is -2.11. The van der Waals surface area contributed by atoms with Gasteiger partial charge in [0.15, 0.2) is 9.84 Å². The second kappa shape index (κ2) is 7.22. The normalized spacial score (nSPS) is 13.4. The Morgan fingerprint density at radius 2 is 2.10 bits per heavy atom. The fourth-order valence-corrected chi connectivity index (χ4v) is 4.38. The van der Waals surface area contributed by atoms with Crippen LogP contribution in [0.3, 0.4) is 0 Å². The van der Waals surface area contributed by atoms with Crippen molar-refractivity contribution in [2.75, 3.05) is 12.3 Å². The molecule has 2 aromatic rings. The standard InChI is InChI=1S/C14H19NO4S2/c1-2-12-5-6-13(19-12)9-15-8-11(16)10-21(17,18)14-4-3-7-20-14/h3-7,11,15-16H,2,8-10H2,1H3. The molecule has 2 heterocycles. The van der Waals surface area contributed by atoms with Crippen molar-refractivity contribution < 1.29 is 17.9 Å². The summed E-state index contributed by atoms with van der Waals surface area (Å²) in [5, 5.41) is 14.6. The fraction of sp³-hybridized carbons (Fsp3) is 0.429. The van der Waals surface area contributed by atoms with Gasteiger partial charge in [-0.3, -0.25) is 0 Å². The lowest BCUT2D eigenvalue weighted by Crippen LogP contribution is -2.32. The lowest BCUT2D eigenvalue weighted by atomic mass is 10.3. The summed E-state index contributed by atoms with van der Waals surface area (Å²) in [6.45, 7) is 2.68. The van der Waals surface area contributed by atoms with E-state index in [0.717, 1.165) is 29.3 Å². The Morgan fingerprint density at radius 1 is 1.33 bits per heavy atom. The molecule has 1 unspecified atom stereocenters. The minimum Gasteiger partial charge on any atom is -0.465 e. The quantitative estimate of drug-likeness (QED) is 0.772. The molecule has 0 aliphatic carbocycles.